The largest absolute Gasteiger partial charge is 0.352 e. The summed E-state index contributed by atoms with van der Waals surface area (Å²) in [4.78, 5) is 35.8. The molecule has 112 valence electrons. The van der Waals surface area contributed by atoms with E-state index in [1.54, 1.807) is 0 Å². The third-order valence-electron chi connectivity index (χ3n) is 3.48. The number of carbonyl (C=O) groups excluding carboxylic acids is 2. The zero-order valence-electron chi connectivity index (χ0n) is 11.6. The molecule has 1 N–H and O–H groups in total. The predicted octanol–water partition coefficient (Wildman–Crippen LogP) is 1.08. The lowest BCUT2D eigenvalue weighted by Crippen LogP contribution is -2.63. The molecule has 1 aliphatic heterocycles. The van der Waals surface area contributed by atoms with Gasteiger partial charge in [-0.2, -0.15) is 0 Å². The van der Waals surface area contributed by atoms with Gasteiger partial charge in [-0.25, -0.2) is 4.39 Å². The van der Waals surface area contributed by atoms with Gasteiger partial charge in [-0.05, 0) is 26.0 Å². The van der Waals surface area contributed by atoms with Gasteiger partial charge >= 0.3 is 0 Å². The van der Waals surface area contributed by atoms with Crippen LogP contribution in [0.25, 0.3) is 0 Å². The second kappa shape index (κ2) is 5.12. The number of amides is 2. The molecule has 1 saturated heterocycles. The van der Waals surface area contributed by atoms with Gasteiger partial charge in [-0.1, -0.05) is 0 Å². The van der Waals surface area contributed by atoms with Crippen LogP contribution in [0.5, 0.6) is 0 Å². The lowest BCUT2D eigenvalue weighted by atomic mass is 9.97. The van der Waals surface area contributed by atoms with Gasteiger partial charge in [0.15, 0.2) is 0 Å². The molecule has 0 radical (unpaired) electrons. The highest BCUT2D eigenvalue weighted by Gasteiger charge is 2.42. The van der Waals surface area contributed by atoms with Crippen LogP contribution in [0.3, 0.4) is 0 Å². The average Bonchev–Trinajstić information content (AvgIpc) is 2.40. The maximum atomic E-state index is 13.3. The van der Waals surface area contributed by atoms with Crippen LogP contribution in [0, 0.1) is 15.9 Å². The van der Waals surface area contributed by atoms with Crippen molar-refractivity contribution in [1.82, 2.24) is 10.2 Å². The van der Waals surface area contributed by atoms with Gasteiger partial charge in [0.05, 0.1) is 4.92 Å². The Morgan fingerprint density at radius 2 is 2.14 bits per heavy atom. The van der Waals surface area contributed by atoms with Gasteiger partial charge in [0.2, 0.25) is 5.91 Å². The van der Waals surface area contributed by atoms with E-state index in [4.69, 9.17) is 0 Å². The number of nitrogens with one attached hydrogen (secondary N) is 1. The van der Waals surface area contributed by atoms with Gasteiger partial charge in [-0.3, -0.25) is 19.7 Å². The summed E-state index contributed by atoms with van der Waals surface area (Å²) in [5.74, 6) is -1.84. The van der Waals surface area contributed by atoms with Gasteiger partial charge in [0, 0.05) is 19.2 Å². The number of hydrogen-bond acceptors (Lipinski definition) is 4. The third-order valence-corrected chi connectivity index (χ3v) is 3.48. The van der Waals surface area contributed by atoms with Crippen LogP contribution < -0.4 is 5.32 Å². The van der Waals surface area contributed by atoms with Crippen LogP contribution in [-0.4, -0.2) is 40.3 Å². The molecule has 1 aliphatic rings. The molecule has 0 aliphatic carbocycles. The molecule has 1 aromatic rings. The molecule has 8 heteroatoms. The predicted molar refractivity (Wildman–Crippen MR) is 71.2 cm³/mol. The van der Waals surface area contributed by atoms with Crippen LogP contribution in [0.15, 0.2) is 18.2 Å². The Kier molecular flexibility index (Phi) is 3.63. The molecule has 2 rings (SSSR count). The zero-order chi connectivity index (χ0) is 15.8. The Hall–Kier alpha value is -2.51. The molecule has 0 atom stereocenters. The Balaban J connectivity index is 2.47. The number of hydrogen-bond donors (Lipinski definition) is 1. The van der Waals surface area contributed by atoms with Crippen molar-refractivity contribution in [3.8, 4) is 0 Å². The minimum atomic E-state index is -1.16. The standard InChI is InChI=1S/C13H14FN3O4/c1-13(2)12(19)15-5-6-16(13)11(18)9-7-8(14)3-4-10(9)17(20)21/h3-4,7H,5-6H2,1-2H3,(H,15,19). The number of halogens is 1. The van der Waals surface area contributed by atoms with Crippen LogP contribution in [0.4, 0.5) is 10.1 Å². The highest BCUT2D eigenvalue weighted by molar-refractivity contribution is 6.02. The molecular formula is C13H14FN3O4. The van der Waals surface area contributed by atoms with E-state index in [9.17, 15) is 24.1 Å². The number of nitro benzene ring substituents is 1. The van der Waals surface area contributed by atoms with E-state index in [-0.39, 0.29) is 24.6 Å². The molecule has 1 aromatic carbocycles. The van der Waals surface area contributed by atoms with Crippen molar-refractivity contribution < 1.29 is 18.9 Å². The molecule has 1 fully saturated rings. The molecule has 0 unspecified atom stereocenters. The number of piperazine rings is 1. The topological polar surface area (TPSA) is 92.6 Å². The Morgan fingerprint density at radius 1 is 1.48 bits per heavy atom. The lowest BCUT2D eigenvalue weighted by molar-refractivity contribution is -0.385. The normalized spacial score (nSPS) is 17.3. The van der Waals surface area contributed by atoms with Crippen molar-refractivity contribution in [2.45, 2.75) is 19.4 Å². The fourth-order valence-corrected chi connectivity index (χ4v) is 2.24. The minimum absolute atomic E-state index is 0.200. The Labute approximate surface area is 119 Å². The summed E-state index contributed by atoms with van der Waals surface area (Å²) in [5, 5.41) is 13.6. The number of nitrogens with zero attached hydrogens (tertiary/aromatic N) is 2. The van der Waals surface area contributed by atoms with Gasteiger partial charge < -0.3 is 10.2 Å². The SMILES string of the molecule is CC1(C)C(=O)NCCN1C(=O)c1cc(F)ccc1[N+](=O)[O-]. The number of benzene rings is 1. The smallest absolute Gasteiger partial charge is 0.282 e. The first-order chi connectivity index (χ1) is 9.75. The summed E-state index contributed by atoms with van der Waals surface area (Å²) in [6, 6.07) is 2.69. The summed E-state index contributed by atoms with van der Waals surface area (Å²) in [5.41, 5.74) is -2.00. The first kappa shape index (κ1) is 14.9. The quantitative estimate of drug-likeness (QED) is 0.653. The van der Waals surface area contributed by atoms with Crippen molar-refractivity contribution in [2.24, 2.45) is 0 Å². The van der Waals surface area contributed by atoms with E-state index in [0.29, 0.717) is 0 Å². The monoisotopic (exact) mass is 295 g/mol. The Bertz CT molecular complexity index is 630. The second-order valence-electron chi connectivity index (χ2n) is 5.19. The van der Waals surface area contributed by atoms with Crippen LogP contribution >= 0.6 is 0 Å². The summed E-state index contributed by atoms with van der Waals surface area (Å²) >= 11 is 0. The van der Waals surface area contributed by atoms with E-state index in [1.165, 1.54) is 18.7 Å². The number of rotatable bonds is 2. The number of nitro groups is 1. The molecule has 0 spiro atoms. The molecule has 21 heavy (non-hydrogen) atoms. The maximum Gasteiger partial charge on any atom is 0.282 e. The molecule has 0 bridgehead atoms. The fourth-order valence-electron chi connectivity index (χ4n) is 2.24. The second-order valence-corrected chi connectivity index (χ2v) is 5.19. The lowest BCUT2D eigenvalue weighted by Gasteiger charge is -2.41. The summed E-state index contributed by atoms with van der Waals surface area (Å²) in [6.07, 6.45) is 0. The van der Waals surface area contributed by atoms with Crippen molar-refractivity contribution in [3.63, 3.8) is 0 Å². The molecule has 1 heterocycles. The summed E-state index contributed by atoms with van der Waals surface area (Å²) < 4.78 is 13.3. The van der Waals surface area contributed by atoms with Crippen LogP contribution in [0.2, 0.25) is 0 Å². The Morgan fingerprint density at radius 3 is 2.76 bits per heavy atom. The highest BCUT2D eigenvalue weighted by Crippen LogP contribution is 2.26. The molecule has 7 nitrogen and oxygen atoms in total. The minimum Gasteiger partial charge on any atom is -0.352 e. The van der Waals surface area contributed by atoms with E-state index >= 15 is 0 Å². The van der Waals surface area contributed by atoms with E-state index in [0.717, 1.165) is 18.2 Å². The van der Waals surface area contributed by atoms with Gasteiger partial charge in [0.1, 0.15) is 16.9 Å². The third kappa shape index (κ3) is 2.56. The number of carbonyl (C=O) groups is 2. The van der Waals surface area contributed by atoms with Crippen LogP contribution in [-0.2, 0) is 4.79 Å². The van der Waals surface area contributed by atoms with E-state index < -0.39 is 27.9 Å². The van der Waals surface area contributed by atoms with E-state index in [1.807, 2.05) is 0 Å². The summed E-state index contributed by atoms with van der Waals surface area (Å²) in [7, 11) is 0. The van der Waals surface area contributed by atoms with Crippen LogP contribution in [0.1, 0.15) is 24.2 Å². The zero-order valence-corrected chi connectivity index (χ0v) is 11.6. The van der Waals surface area contributed by atoms with Crippen molar-refractivity contribution in [2.75, 3.05) is 13.1 Å². The fraction of sp³-hybridized carbons (Fsp3) is 0.385. The molecule has 2 amide bonds. The van der Waals surface area contributed by atoms with E-state index in [2.05, 4.69) is 5.32 Å². The first-order valence-corrected chi connectivity index (χ1v) is 6.29. The van der Waals surface area contributed by atoms with Crippen molar-refractivity contribution in [1.29, 1.82) is 0 Å². The molecular weight excluding hydrogens is 281 g/mol. The van der Waals surface area contributed by atoms with Crippen molar-refractivity contribution in [3.05, 3.63) is 39.7 Å². The molecule has 0 saturated carbocycles. The van der Waals surface area contributed by atoms with Gasteiger partial charge in [-0.15, -0.1) is 0 Å². The molecule has 0 aromatic heterocycles. The highest BCUT2D eigenvalue weighted by atomic mass is 19.1. The maximum absolute atomic E-state index is 13.3. The first-order valence-electron chi connectivity index (χ1n) is 6.29. The van der Waals surface area contributed by atoms with Crippen molar-refractivity contribution >= 4 is 17.5 Å². The summed E-state index contributed by atoms with van der Waals surface area (Å²) in [6.45, 7) is 3.51. The van der Waals surface area contributed by atoms with Gasteiger partial charge in [0.25, 0.3) is 11.6 Å². The average molecular weight is 295 g/mol.